The third-order valence-corrected chi connectivity index (χ3v) is 5.53. The Bertz CT molecular complexity index is 304. The minimum atomic E-state index is 0.776. The minimum absolute atomic E-state index is 0.776. The highest BCUT2D eigenvalue weighted by Crippen LogP contribution is 2.43. The van der Waals surface area contributed by atoms with Crippen LogP contribution in [0, 0.1) is 17.8 Å². The molecule has 2 heteroatoms. The third kappa shape index (κ3) is 2.50. The Labute approximate surface area is 112 Å². The first-order valence-electron chi connectivity index (χ1n) is 7.91. The zero-order valence-electron chi connectivity index (χ0n) is 12.0. The largest absolute Gasteiger partial charge is 0.300 e. The van der Waals surface area contributed by atoms with Crippen LogP contribution in [-0.2, 0) is 0 Å². The Morgan fingerprint density at radius 2 is 1.89 bits per heavy atom. The van der Waals surface area contributed by atoms with Crippen LogP contribution in [0.4, 0.5) is 0 Å². The molecule has 2 aliphatic carbocycles. The molecule has 0 N–H and O–H groups in total. The first kappa shape index (κ1) is 12.7. The van der Waals surface area contributed by atoms with Gasteiger partial charge >= 0.3 is 0 Å². The summed E-state index contributed by atoms with van der Waals surface area (Å²) in [4.78, 5) is 5.38. The van der Waals surface area contributed by atoms with Crippen molar-refractivity contribution in [1.82, 2.24) is 9.80 Å². The molecule has 0 unspecified atom stereocenters. The van der Waals surface area contributed by atoms with Gasteiger partial charge in [0.05, 0.1) is 0 Å². The predicted molar refractivity (Wildman–Crippen MR) is 76.6 cm³/mol. The molecule has 2 nitrogen and oxygen atoms in total. The van der Waals surface area contributed by atoms with E-state index in [1.165, 1.54) is 52.0 Å². The van der Waals surface area contributed by atoms with Crippen LogP contribution in [0.1, 0.15) is 33.1 Å². The van der Waals surface area contributed by atoms with Crippen molar-refractivity contribution in [3.63, 3.8) is 0 Å². The van der Waals surface area contributed by atoms with Crippen LogP contribution in [0.25, 0.3) is 0 Å². The van der Waals surface area contributed by atoms with Gasteiger partial charge in [0.15, 0.2) is 0 Å². The standard InChI is InChI=1S/C16H28N2/c1-3-13(2)18-8-6-17(7-9-18)12-16-11-14-4-5-15(16)10-14/h4-5,13-16H,3,6-12H2,1-2H3/t13-,14+,15+,16+/m0/s1. The van der Waals surface area contributed by atoms with E-state index in [9.17, 15) is 0 Å². The van der Waals surface area contributed by atoms with Gasteiger partial charge in [0.2, 0.25) is 0 Å². The normalized spacial score (nSPS) is 38.4. The Morgan fingerprint density at radius 3 is 2.44 bits per heavy atom. The predicted octanol–water partition coefficient (Wildman–Crippen LogP) is 2.61. The lowest BCUT2D eigenvalue weighted by Gasteiger charge is -2.39. The number of rotatable bonds is 4. The van der Waals surface area contributed by atoms with Crippen LogP contribution in [0.2, 0.25) is 0 Å². The fourth-order valence-electron chi connectivity index (χ4n) is 4.08. The van der Waals surface area contributed by atoms with Gasteiger partial charge in [-0.3, -0.25) is 4.90 Å². The number of nitrogens with zero attached hydrogens (tertiary/aromatic N) is 2. The van der Waals surface area contributed by atoms with Gasteiger partial charge in [-0.25, -0.2) is 0 Å². The maximum atomic E-state index is 2.72. The second kappa shape index (κ2) is 5.34. The minimum Gasteiger partial charge on any atom is -0.300 e. The van der Waals surface area contributed by atoms with E-state index in [4.69, 9.17) is 0 Å². The number of fused-ring (bicyclic) bond motifs is 2. The lowest BCUT2D eigenvalue weighted by atomic mass is 9.93. The van der Waals surface area contributed by atoms with E-state index in [0.717, 1.165) is 23.8 Å². The summed E-state index contributed by atoms with van der Waals surface area (Å²) in [6.45, 7) is 11.2. The Balaban J connectivity index is 1.45. The van der Waals surface area contributed by atoms with Gasteiger partial charge in [0.25, 0.3) is 0 Å². The first-order valence-corrected chi connectivity index (χ1v) is 7.91. The highest BCUT2D eigenvalue weighted by molar-refractivity contribution is 5.10. The number of hydrogen-bond donors (Lipinski definition) is 0. The zero-order valence-corrected chi connectivity index (χ0v) is 12.0. The van der Waals surface area contributed by atoms with E-state index in [-0.39, 0.29) is 0 Å². The molecule has 0 spiro atoms. The molecule has 2 fully saturated rings. The van der Waals surface area contributed by atoms with Gasteiger partial charge in [-0.05, 0) is 43.9 Å². The third-order valence-electron chi connectivity index (χ3n) is 5.53. The molecule has 0 aromatic carbocycles. The first-order chi connectivity index (χ1) is 8.76. The van der Waals surface area contributed by atoms with Crippen molar-refractivity contribution >= 4 is 0 Å². The SMILES string of the molecule is CC[C@H](C)N1CCN(C[C@H]2C[C@@H]3C=C[C@@H]2C3)CC1. The quantitative estimate of drug-likeness (QED) is 0.706. The van der Waals surface area contributed by atoms with Crippen LogP contribution in [0.3, 0.4) is 0 Å². The second-order valence-electron chi connectivity index (χ2n) is 6.63. The maximum absolute atomic E-state index is 2.72. The van der Waals surface area contributed by atoms with E-state index in [1.807, 2.05) is 0 Å². The van der Waals surface area contributed by atoms with E-state index in [0.29, 0.717) is 0 Å². The maximum Gasteiger partial charge on any atom is 0.0113 e. The van der Waals surface area contributed by atoms with Crippen LogP contribution in [0.15, 0.2) is 12.2 Å². The second-order valence-corrected chi connectivity index (χ2v) is 6.63. The van der Waals surface area contributed by atoms with Crippen LogP contribution in [-0.4, -0.2) is 48.6 Å². The van der Waals surface area contributed by atoms with Crippen molar-refractivity contribution in [2.75, 3.05) is 32.7 Å². The van der Waals surface area contributed by atoms with Crippen LogP contribution in [0.5, 0.6) is 0 Å². The molecule has 3 aliphatic rings. The molecular formula is C16H28N2. The molecule has 4 atom stereocenters. The van der Waals surface area contributed by atoms with Gasteiger partial charge in [0.1, 0.15) is 0 Å². The van der Waals surface area contributed by atoms with Gasteiger partial charge in [-0.15, -0.1) is 0 Å². The topological polar surface area (TPSA) is 6.48 Å². The molecular weight excluding hydrogens is 220 g/mol. The highest BCUT2D eigenvalue weighted by Gasteiger charge is 2.36. The van der Waals surface area contributed by atoms with Gasteiger partial charge < -0.3 is 4.90 Å². The molecule has 0 aromatic heterocycles. The van der Waals surface area contributed by atoms with Gasteiger partial charge in [0, 0.05) is 38.8 Å². The summed E-state index contributed by atoms with van der Waals surface area (Å²) in [6.07, 6.45) is 9.16. The summed E-state index contributed by atoms with van der Waals surface area (Å²) in [5.41, 5.74) is 0. The molecule has 1 saturated heterocycles. The molecule has 1 saturated carbocycles. The molecule has 102 valence electrons. The zero-order chi connectivity index (χ0) is 12.5. The molecule has 2 bridgehead atoms. The van der Waals surface area contributed by atoms with E-state index < -0.39 is 0 Å². The molecule has 0 radical (unpaired) electrons. The Kier molecular flexibility index (Phi) is 3.76. The Hall–Kier alpha value is -0.340. The smallest absolute Gasteiger partial charge is 0.0113 e. The van der Waals surface area contributed by atoms with E-state index in [1.54, 1.807) is 0 Å². The van der Waals surface area contributed by atoms with Gasteiger partial charge in [-0.2, -0.15) is 0 Å². The van der Waals surface area contributed by atoms with Crippen molar-refractivity contribution in [3.05, 3.63) is 12.2 Å². The summed E-state index contributed by atoms with van der Waals surface area (Å²) >= 11 is 0. The summed E-state index contributed by atoms with van der Waals surface area (Å²) in [5.74, 6) is 2.82. The van der Waals surface area contributed by atoms with Crippen molar-refractivity contribution in [2.24, 2.45) is 17.8 Å². The number of hydrogen-bond acceptors (Lipinski definition) is 2. The van der Waals surface area contributed by atoms with Crippen LogP contribution >= 0.6 is 0 Å². The molecule has 1 heterocycles. The summed E-state index contributed by atoms with van der Waals surface area (Å²) in [7, 11) is 0. The molecule has 18 heavy (non-hydrogen) atoms. The van der Waals surface area contributed by atoms with Crippen molar-refractivity contribution in [1.29, 1.82) is 0 Å². The fraction of sp³-hybridized carbons (Fsp3) is 0.875. The molecule has 0 amide bonds. The molecule has 3 rings (SSSR count). The van der Waals surface area contributed by atoms with E-state index in [2.05, 4.69) is 35.8 Å². The molecule has 1 aliphatic heterocycles. The lowest BCUT2D eigenvalue weighted by molar-refractivity contribution is 0.0868. The number of allylic oxidation sites excluding steroid dienone is 2. The average molecular weight is 248 g/mol. The average Bonchev–Trinajstić information content (AvgIpc) is 3.01. The fourth-order valence-corrected chi connectivity index (χ4v) is 4.08. The molecule has 0 aromatic rings. The summed E-state index contributed by atoms with van der Waals surface area (Å²) in [5, 5.41) is 0. The van der Waals surface area contributed by atoms with Crippen molar-refractivity contribution in [3.8, 4) is 0 Å². The monoisotopic (exact) mass is 248 g/mol. The van der Waals surface area contributed by atoms with Gasteiger partial charge in [-0.1, -0.05) is 19.1 Å². The van der Waals surface area contributed by atoms with Crippen LogP contribution < -0.4 is 0 Å². The number of piperazine rings is 1. The highest BCUT2D eigenvalue weighted by atomic mass is 15.3. The van der Waals surface area contributed by atoms with Crippen molar-refractivity contribution in [2.45, 2.75) is 39.2 Å². The Morgan fingerprint density at radius 1 is 1.11 bits per heavy atom. The van der Waals surface area contributed by atoms with Crippen molar-refractivity contribution < 1.29 is 0 Å². The summed E-state index contributed by atoms with van der Waals surface area (Å²) < 4.78 is 0. The summed E-state index contributed by atoms with van der Waals surface area (Å²) in [6, 6.07) is 0.776. The lowest BCUT2D eigenvalue weighted by Crippen LogP contribution is -2.50. The van der Waals surface area contributed by atoms with E-state index >= 15 is 0 Å².